The predicted molar refractivity (Wildman–Crippen MR) is 105 cm³/mol. The molecule has 29 heavy (non-hydrogen) atoms. The third-order valence-electron chi connectivity index (χ3n) is 3.99. The van der Waals surface area contributed by atoms with Crippen LogP contribution in [0.4, 0.5) is 38.8 Å². The molecule has 0 atom stereocenters. The minimum Gasteiger partial charge on any atom is -0.382 e. The van der Waals surface area contributed by atoms with E-state index < -0.39 is 10.7 Å². The van der Waals surface area contributed by atoms with E-state index in [2.05, 4.69) is 20.5 Å². The Bertz CT molecular complexity index is 1160. The summed E-state index contributed by atoms with van der Waals surface area (Å²) in [6, 6.07) is 14.0. The molecule has 0 amide bonds. The molecule has 0 unspecified atom stereocenters. The molecule has 0 saturated heterocycles. The number of nitriles is 1. The number of anilines is 3. The summed E-state index contributed by atoms with van der Waals surface area (Å²) in [4.78, 5) is 14.4. The molecule has 2 aromatic carbocycles. The van der Waals surface area contributed by atoms with E-state index in [-0.39, 0.29) is 34.3 Å². The summed E-state index contributed by atoms with van der Waals surface area (Å²) in [6.45, 7) is 1.60. The number of nitrogens with one attached hydrogen (secondary N) is 1. The first-order chi connectivity index (χ1) is 13.9. The van der Waals surface area contributed by atoms with Crippen LogP contribution in [0, 0.1) is 34.2 Å². The van der Waals surface area contributed by atoms with Gasteiger partial charge in [0.25, 0.3) is 5.69 Å². The fourth-order valence-electron chi connectivity index (χ4n) is 2.52. The lowest BCUT2D eigenvalue weighted by atomic mass is 10.1. The minimum atomic E-state index is -0.786. The molecule has 0 radical (unpaired) electrons. The lowest BCUT2D eigenvalue weighted by molar-refractivity contribution is -0.384. The molecule has 3 aromatic rings. The number of rotatable bonds is 5. The van der Waals surface area contributed by atoms with Gasteiger partial charge in [-0.3, -0.25) is 10.1 Å². The zero-order valence-electron chi connectivity index (χ0n) is 15.1. The Labute approximate surface area is 164 Å². The molecule has 1 heterocycles. The number of aromatic nitrogens is 1. The van der Waals surface area contributed by atoms with Gasteiger partial charge in [-0.05, 0) is 25.1 Å². The highest BCUT2D eigenvalue weighted by Crippen LogP contribution is 2.34. The number of non-ortho nitro benzene ring substituents is 1. The smallest absolute Gasteiger partial charge is 0.271 e. The maximum Gasteiger partial charge on any atom is 0.271 e. The molecule has 1 aromatic heterocycles. The summed E-state index contributed by atoms with van der Waals surface area (Å²) < 4.78 is 13.9. The number of benzene rings is 2. The van der Waals surface area contributed by atoms with Gasteiger partial charge in [0, 0.05) is 23.4 Å². The van der Waals surface area contributed by atoms with Gasteiger partial charge in [-0.25, -0.2) is 9.37 Å². The second-order valence-corrected chi connectivity index (χ2v) is 5.89. The van der Waals surface area contributed by atoms with E-state index in [4.69, 9.17) is 5.73 Å². The van der Waals surface area contributed by atoms with E-state index >= 15 is 0 Å². The molecule has 144 valence electrons. The first-order valence-corrected chi connectivity index (χ1v) is 8.28. The molecule has 0 bridgehead atoms. The highest BCUT2D eigenvalue weighted by molar-refractivity contribution is 5.75. The van der Waals surface area contributed by atoms with E-state index in [0.717, 1.165) is 18.2 Å². The Morgan fingerprint density at radius 1 is 1.24 bits per heavy atom. The van der Waals surface area contributed by atoms with Crippen LogP contribution in [0.15, 0.2) is 58.8 Å². The number of hydrogen-bond donors (Lipinski definition) is 2. The van der Waals surface area contributed by atoms with Crippen molar-refractivity contribution < 1.29 is 9.31 Å². The van der Waals surface area contributed by atoms with E-state index in [1.54, 1.807) is 19.1 Å². The number of halogens is 1. The molecule has 10 heteroatoms. The van der Waals surface area contributed by atoms with Crippen molar-refractivity contribution >= 4 is 34.4 Å². The van der Waals surface area contributed by atoms with Gasteiger partial charge in [-0.15, -0.1) is 10.2 Å². The van der Waals surface area contributed by atoms with E-state index in [1.165, 1.54) is 0 Å². The zero-order chi connectivity index (χ0) is 21.0. The third kappa shape index (κ3) is 4.14. The Hall–Kier alpha value is -4.39. The van der Waals surface area contributed by atoms with Crippen LogP contribution in [0.1, 0.15) is 11.1 Å². The van der Waals surface area contributed by atoms with Crippen molar-refractivity contribution in [2.24, 2.45) is 10.2 Å². The van der Waals surface area contributed by atoms with Crippen LogP contribution in [0.25, 0.3) is 0 Å². The standard InChI is InChI=1S/C19H14FN7O2/c1-11-14(10-21)19(23-12-5-3-2-4-6-12)24-18(22)17(11)26-25-16-9-13(27(28)29)7-8-15(16)20/h2-9H,1H3,(H3,22,23,24). The Morgan fingerprint density at radius 3 is 2.62 bits per heavy atom. The summed E-state index contributed by atoms with van der Waals surface area (Å²) in [7, 11) is 0. The second-order valence-electron chi connectivity index (χ2n) is 5.89. The number of hydrogen-bond acceptors (Lipinski definition) is 8. The molecule has 3 rings (SSSR count). The maximum absolute atomic E-state index is 13.9. The molecule has 0 saturated carbocycles. The number of pyridine rings is 1. The Balaban J connectivity index is 2.01. The topological polar surface area (TPSA) is 143 Å². The molecule has 0 aliphatic rings. The number of azo groups is 1. The second kappa shape index (κ2) is 8.10. The van der Waals surface area contributed by atoms with Gasteiger partial charge in [-0.1, -0.05) is 18.2 Å². The van der Waals surface area contributed by atoms with Crippen molar-refractivity contribution in [3.8, 4) is 6.07 Å². The van der Waals surface area contributed by atoms with E-state index in [9.17, 15) is 19.8 Å². The molecule has 0 fully saturated rings. The lowest BCUT2D eigenvalue weighted by Crippen LogP contribution is -2.03. The predicted octanol–water partition coefficient (Wildman–Crippen LogP) is 5.05. The van der Waals surface area contributed by atoms with Gasteiger partial charge in [0.15, 0.2) is 17.5 Å². The molecule has 0 aliphatic carbocycles. The third-order valence-corrected chi connectivity index (χ3v) is 3.99. The van der Waals surface area contributed by atoms with Crippen LogP contribution in [0.5, 0.6) is 0 Å². The van der Waals surface area contributed by atoms with Crippen molar-refractivity contribution in [1.82, 2.24) is 4.98 Å². The van der Waals surface area contributed by atoms with Gasteiger partial charge in [-0.2, -0.15) is 5.26 Å². The van der Waals surface area contributed by atoms with Crippen molar-refractivity contribution in [2.75, 3.05) is 11.1 Å². The fraction of sp³-hybridized carbons (Fsp3) is 0.0526. The van der Waals surface area contributed by atoms with E-state index in [1.807, 2.05) is 24.3 Å². The molecule has 0 aliphatic heterocycles. The summed E-state index contributed by atoms with van der Waals surface area (Å²) >= 11 is 0. The average Bonchev–Trinajstić information content (AvgIpc) is 2.69. The summed E-state index contributed by atoms with van der Waals surface area (Å²) in [6.07, 6.45) is 0. The number of nitrogens with two attached hydrogens (primary N) is 1. The monoisotopic (exact) mass is 391 g/mol. The van der Waals surface area contributed by atoms with Crippen molar-refractivity contribution in [3.05, 3.63) is 75.6 Å². The lowest BCUT2D eigenvalue weighted by Gasteiger charge is -2.12. The van der Waals surface area contributed by atoms with Crippen molar-refractivity contribution in [3.63, 3.8) is 0 Å². The fourth-order valence-corrected chi connectivity index (χ4v) is 2.52. The first-order valence-electron chi connectivity index (χ1n) is 8.28. The van der Waals surface area contributed by atoms with Crippen LogP contribution in [-0.2, 0) is 0 Å². The highest BCUT2D eigenvalue weighted by Gasteiger charge is 2.17. The molecule has 9 nitrogen and oxygen atoms in total. The minimum absolute atomic E-state index is 0.0329. The molecular weight excluding hydrogens is 377 g/mol. The van der Waals surface area contributed by atoms with Crippen LogP contribution >= 0.6 is 0 Å². The van der Waals surface area contributed by atoms with Gasteiger partial charge in [0.1, 0.15) is 17.4 Å². The number of nitro groups is 1. The van der Waals surface area contributed by atoms with Gasteiger partial charge in [0.2, 0.25) is 0 Å². The van der Waals surface area contributed by atoms with Gasteiger partial charge < -0.3 is 11.1 Å². The zero-order valence-corrected chi connectivity index (χ0v) is 15.1. The number of nitrogen functional groups attached to an aromatic ring is 1. The quantitative estimate of drug-likeness (QED) is 0.354. The molecular formula is C19H14FN7O2. The average molecular weight is 391 g/mol. The number of nitrogens with zero attached hydrogens (tertiary/aromatic N) is 5. The number of nitro benzene ring substituents is 1. The SMILES string of the molecule is Cc1c(C#N)c(Nc2ccccc2)nc(N)c1N=Nc1cc([N+](=O)[O-])ccc1F. The number of para-hydroxylation sites is 1. The van der Waals surface area contributed by atoms with Gasteiger partial charge >= 0.3 is 0 Å². The van der Waals surface area contributed by atoms with Crippen LogP contribution in [0.3, 0.4) is 0 Å². The summed E-state index contributed by atoms with van der Waals surface area (Å²) in [5.41, 5.74) is 6.66. The van der Waals surface area contributed by atoms with Gasteiger partial charge in [0.05, 0.1) is 10.5 Å². The van der Waals surface area contributed by atoms with Crippen LogP contribution in [0.2, 0.25) is 0 Å². The summed E-state index contributed by atoms with van der Waals surface area (Å²) in [5.74, 6) is -0.574. The van der Waals surface area contributed by atoms with Crippen molar-refractivity contribution in [1.29, 1.82) is 5.26 Å². The summed E-state index contributed by atoms with van der Waals surface area (Å²) in [5, 5.41) is 31.0. The molecule has 0 spiro atoms. The Kier molecular flexibility index (Phi) is 5.41. The first kappa shape index (κ1) is 19.4. The largest absolute Gasteiger partial charge is 0.382 e. The maximum atomic E-state index is 13.9. The van der Waals surface area contributed by atoms with Crippen LogP contribution < -0.4 is 11.1 Å². The molecule has 3 N–H and O–H groups in total. The van der Waals surface area contributed by atoms with Crippen molar-refractivity contribution in [2.45, 2.75) is 6.92 Å². The Morgan fingerprint density at radius 2 is 1.97 bits per heavy atom. The normalized spacial score (nSPS) is 10.7. The van der Waals surface area contributed by atoms with Crippen LogP contribution in [-0.4, -0.2) is 9.91 Å². The van der Waals surface area contributed by atoms with E-state index in [0.29, 0.717) is 11.3 Å². The highest BCUT2D eigenvalue weighted by atomic mass is 19.1.